The van der Waals surface area contributed by atoms with Gasteiger partial charge in [0.05, 0.1) is 0 Å². The molecule has 4 fully saturated rings. The van der Waals surface area contributed by atoms with Crippen molar-refractivity contribution in [3.63, 3.8) is 0 Å². The van der Waals surface area contributed by atoms with Crippen molar-refractivity contribution >= 4 is 10.0 Å². The molecular formula is C20H37NS. The summed E-state index contributed by atoms with van der Waals surface area (Å²) < 4.78 is 0. The van der Waals surface area contributed by atoms with Crippen LogP contribution in [-0.4, -0.2) is 41.6 Å². The van der Waals surface area contributed by atoms with Crippen LogP contribution in [0.15, 0.2) is 0 Å². The molecule has 22 heavy (non-hydrogen) atoms. The van der Waals surface area contributed by atoms with E-state index in [4.69, 9.17) is 0 Å². The first kappa shape index (κ1) is 15.8. The van der Waals surface area contributed by atoms with Gasteiger partial charge >= 0.3 is 0 Å². The number of hydrogen-bond donors (Lipinski definition) is 0. The first-order valence-corrected chi connectivity index (χ1v) is 12.9. The monoisotopic (exact) mass is 323 g/mol. The number of rotatable bonds is 2. The summed E-state index contributed by atoms with van der Waals surface area (Å²) in [7, 11) is -0.427. The molecule has 0 spiro atoms. The number of fused-ring (bicyclic) bond motifs is 5. The fraction of sp³-hybridized carbons (Fsp3) is 1.00. The zero-order valence-corrected chi connectivity index (χ0v) is 16.1. The van der Waals surface area contributed by atoms with Crippen molar-refractivity contribution in [3.05, 3.63) is 0 Å². The summed E-state index contributed by atoms with van der Waals surface area (Å²) in [6.45, 7) is 2.63. The van der Waals surface area contributed by atoms with Gasteiger partial charge in [-0.15, -0.1) is 0 Å². The molecule has 2 heteroatoms. The Balaban J connectivity index is 1.66. The van der Waals surface area contributed by atoms with Gasteiger partial charge in [0.15, 0.2) is 0 Å². The molecule has 1 saturated heterocycles. The van der Waals surface area contributed by atoms with E-state index in [0.717, 1.165) is 41.7 Å². The number of nitrogens with zero attached hydrogens (tertiary/aromatic N) is 1. The Kier molecular flexibility index (Phi) is 4.09. The third kappa shape index (κ3) is 2.48. The van der Waals surface area contributed by atoms with Crippen molar-refractivity contribution < 1.29 is 0 Å². The van der Waals surface area contributed by atoms with Crippen LogP contribution < -0.4 is 0 Å². The molecule has 1 nitrogen and oxygen atoms in total. The summed E-state index contributed by atoms with van der Waals surface area (Å²) in [5.41, 5.74) is 0. The van der Waals surface area contributed by atoms with Gasteiger partial charge in [-0.25, -0.2) is 10.0 Å². The van der Waals surface area contributed by atoms with Crippen LogP contribution in [0.3, 0.4) is 0 Å². The normalized spacial score (nSPS) is 49.5. The number of hydrogen-bond acceptors (Lipinski definition) is 1. The minimum atomic E-state index is -0.427. The van der Waals surface area contributed by atoms with Crippen LogP contribution in [0.2, 0.25) is 0 Å². The molecule has 0 amide bonds. The van der Waals surface area contributed by atoms with Crippen LogP contribution in [0, 0.1) is 29.6 Å². The lowest BCUT2D eigenvalue weighted by Crippen LogP contribution is -2.43. The molecular weight excluding hydrogens is 286 g/mol. The minimum absolute atomic E-state index is 0.427. The highest BCUT2D eigenvalue weighted by Crippen LogP contribution is 2.61. The van der Waals surface area contributed by atoms with Gasteiger partial charge < -0.3 is 0 Å². The van der Waals surface area contributed by atoms with Crippen LogP contribution in [-0.2, 0) is 0 Å². The second kappa shape index (κ2) is 5.69. The van der Waals surface area contributed by atoms with Gasteiger partial charge in [0.25, 0.3) is 0 Å². The predicted octanol–water partition coefficient (Wildman–Crippen LogP) is 4.95. The second-order valence-corrected chi connectivity index (χ2v) is 14.2. The maximum absolute atomic E-state index is 3.09. The second-order valence-electron chi connectivity index (χ2n) is 9.79. The van der Waals surface area contributed by atoms with E-state index in [2.05, 4.69) is 30.6 Å². The fourth-order valence-electron chi connectivity index (χ4n) is 7.12. The Hall–Kier alpha value is 0.310. The zero-order chi connectivity index (χ0) is 15.5. The van der Waals surface area contributed by atoms with Gasteiger partial charge in [0.1, 0.15) is 0 Å². The molecule has 1 heterocycles. The summed E-state index contributed by atoms with van der Waals surface area (Å²) in [5.74, 6) is 6.70. The highest BCUT2D eigenvalue weighted by molar-refractivity contribution is 8.32. The largest absolute Gasteiger partial charge is 0.289 e. The molecule has 3 aliphatic carbocycles. The molecule has 4 aliphatic rings. The van der Waals surface area contributed by atoms with E-state index in [-0.39, 0.29) is 0 Å². The zero-order valence-electron chi connectivity index (χ0n) is 15.3. The van der Waals surface area contributed by atoms with Crippen molar-refractivity contribution in [2.45, 2.75) is 70.4 Å². The third-order valence-corrected chi connectivity index (χ3v) is 8.67. The van der Waals surface area contributed by atoms with E-state index in [0.29, 0.717) is 0 Å². The average molecular weight is 324 g/mol. The first-order valence-electron chi connectivity index (χ1n) is 9.89. The van der Waals surface area contributed by atoms with Crippen LogP contribution >= 0.6 is 10.0 Å². The van der Waals surface area contributed by atoms with Gasteiger partial charge in [0.2, 0.25) is 0 Å². The van der Waals surface area contributed by atoms with Crippen LogP contribution in [0.25, 0.3) is 0 Å². The summed E-state index contributed by atoms with van der Waals surface area (Å²) in [6.07, 6.45) is 19.8. The SMILES string of the molecule is CC1C2CCCCC2C2C3CCCCC3N(CS(C)(C)C)C12. The molecule has 7 atom stereocenters. The lowest BCUT2D eigenvalue weighted by atomic mass is 9.69. The highest BCUT2D eigenvalue weighted by Gasteiger charge is 2.60. The fourth-order valence-corrected chi connectivity index (χ4v) is 8.38. The molecule has 0 aromatic heterocycles. The van der Waals surface area contributed by atoms with E-state index < -0.39 is 10.0 Å². The lowest BCUT2D eigenvalue weighted by molar-refractivity contribution is 0.110. The standard InChI is InChI=1S/C20H37NS/c1-14-15-9-5-6-10-16(15)19-17-11-7-8-12-18(17)21(20(14)19)13-22(2,3)4/h14-20H,5-13H2,1-4H3. The minimum Gasteiger partial charge on any atom is -0.289 e. The third-order valence-electron chi connectivity index (χ3n) is 7.60. The Morgan fingerprint density at radius 1 is 0.818 bits per heavy atom. The average Bonchev–Trinajstić information content (AvgIpc) is 2.94. The lowest BCUT2D eigenvalue weighted by Gasteiger charge is -2.42. The van der Waals surface area contributed by atoms with Gasteiger partial charge in [-0.05, 0) is 74.0 Å². The van der Waals surface area contributed by atoms with Crippen LogP contribution in [0.5, 0.6) is 0 Å². The van der Waals surface area contributed by atoms with E-state index in [1.54, 1.807) is 19.3 Å². The first-order chi connectivity index (χ1) is 10.5. The molecule has 0 N–H and O–H groups in total. The van der Waals surface area contributed by atoms with E-state index in [1.165, 1.54) is 38.0 Å². The maximum atomic E-state index is 3.09. The molecule has 3 saturated carbocycles. The van der Waals surface area contributed by atoms with Crippen molar-refractivity contribution in [2.24, 2.45) is 29.6 Å². The highest BCUT2D eigenvalue weighted by atomic mass is 32.3. The van der Waals surface area contributed by atoms with Crippen molar-refractivity contribution in [1.29, 1.82) is 0 Å². The Labute approximate surface area is 139 Å². The number of likely N-dealkylation sites (tertiary alicyclic amines) is 1. The van der Waals surface area contributed by atoms with E-state index in [1.807, 2.05) is 0 Å². The smallest absolute Gasteiger partial charge is 0.0289 e. The molecule has 1 aliphatic heterocycles. The topological polar surface area (TPSA) is 3.24 Å². The van der Waals surface area contributed by atoms with Crippen molar-refractivity contribution in [3.8, 4) is 0 Å². The Morgan fingerprint density at radius 2 is 1.41 bits per heavy atom. The Morgan fingerprint density at radius 3 is 2.09 bits per heavy atom. The molecule has 128 valence electrons. The molecule has 0 aromatic rings. The maximum Gasteiger partial charge on any atom is 0.0289 e. The van der Waals surface area contributed by atoms with E-state index in [9.17, 15) is 0 Å². The predicted molar refractivity (Wildman–Crippen MR) is 99.7 cm³/mol. The summed E-state index contributed by atoms with van der Waals surface area (Å²) in [5, 5.41) is 0. The van der Waals surface area contributed by atoms with E-state index >= 15 is 0 Å². The van der Waals surface area contributed by atoms with Crippen molar-refractivity contribution in [2.75, 3.05) is 24.6 Å². The van der Waals surface area contributed by atoms with Gasteiger partial charge in [0, 0.05) is 18.0 Å². The molecule has 0 bridgehead atoms. The van der Waals surface area contributed by atoms with Gasteiger partial charge in [-0.2, -0.15) is 0 Å². The molecule has 7 unspecified atom stereocenters. The van der Waals surface area contributed by atoms with Crippen molar-refractivity contribution in [1.82, 2.24) is 4.90 Å². The quantitative estimate of drug-likeness (QED) is 0.695. The van der Waals surface area contributed by atoms with Gasteiger partial charge in [-0.1, -0.05) is 32.6 Å². The van der Waals surface area contributed by atoms with Crippen LogP contribution in [0.4, 0.5) is 0 Å². The molecule has 0 radical (unpaired) electrons. The Bertz CT molecular complexity index is 414. The molecule has 0 aromatic carbocycles. The summed E-state index contributed by atoms with van der Waals surface area (Å²) in [6, 6.07) is 1.91. The van der Waals surface area contributed by atoms with Crippen LogP contribution in [0.1, 0.15) is 58.3 Å². The molecule has 4 rings (SSSR count). The summed E-state index contributed by atoms with van der Waals surface area (Å²) in [4.78, 5) is 3.09. The summed E-state index contributed by atoms with van der Waals surface area (Å²) >= 11 is 0. The van der Waals surface area contributed by atoms with Gasteiger partial charge in [-0.3, -0.25) is 4.90 Å².